The minimum atomic E-state index is -1.57. The molecule has 0 rings (SSSR count). The molecule has 0 saturated heterocycles. The minimum Gasteiger partial charge on any atom is -0.481 e. The Morgan fingerprint density at radius 1 is 0.571 bits per heavy atom. The average molecular weight is 405 g/mol. The first-order valence-corrected chi connectivity index (χ1v) is 10.0. The Balaban J connectivity index is 0. The molecule has 0 radical (unpaired) electrons. The van der Waals surface area contributed by atoms with Crippen molar-refractivity contribution in [1.29, 1.82) is 0 Å². The van der Waals surface area contributed by atoms with Crippen LogP contribution in [0.3, 0.4) is 0 Å². The lowest BCUT2D eigenvalue weighted by Gasteiger charge is -2.23. The van der Waals surface area contributed by atoms with Crippen LogP contribution in [-0.2, 0) is 19.2 Å². The highest BCUT2D eigenvalue weighted by atomic mass is 16.4. The van der Waals surface area contributed by atoms with Crippen molar-refractivity contribution in [2.45, 2.75) is 97.3 Å². The summed E-state index contributed by atoms with van der Waals surface area (Å²) in [5.74, 6) is -3.89. The summed E-state index contributed by atoms with van der Waals surface area (Å²) in [6.07, 6.45) is 8.69. The Morgan fingerprint density at radius 3 is 1.07 bits per heavy atom. The van der Waals surface area contributed by atoms with Gasteiger partial charge in [-0.1, -0.05) is 58.8 Å². The van der Waals surface area contributed by atoms with Crippen LogP contribution in [0.2, 0.25) is 0 Å². The van der Waals surface area contributed by atoms with Crippen molar-refractivity contribution in [3.05, 3.63) is 0 Å². The second kappa shape index (κ2) is 17.0. The molecule has 0 fully saturated rings. The lowest BCUT2D eigenvalue weighted by atomic mass is 9.79. The first-order valence-electron chi connectivity index (χ1n) is 10.0. The summed E-state index contributed by atoms with van der Waals surface area (Å²) in [5.41, 5.74) is -1.57. The predicted octanol–water partition coefficient (Wildman–Crippen LogP) is 4.41. The molecule has 0 spiro atoms. The maximum atomic E-state index is 10.9. The first kappa shape index (κ1) is 28.1. The quantitative estimate of drug-likeness (QED) is 0.218. The summed E-state index contributed by atoms with van der Waals surface area (Å²) >= 11 is 0. The Morgan fingerprint density at radius 2 is 0.857 bits per heavy atom. The highest BCUT2D eigenvalue weighted by molar-refractivity contribution is 5.98. The van der Waals surface area contributed by atoms with E-state index in [1.165, 1.54) is 0 Å². The predicted molar refractivity (Wildman–Crippen MR) is 104 cm³/mol. The van der Waals surface area contributed by atoms with Crippen molar-refractivity contribution in [2.24, 2.45) is 5.41 Å². The van der Waals surface area contributed by atoms with Gasteiger partial charge in [0, 0.05) is 12.8 Å². The third-order valence-electron chi connectivity index (χ3n) is 4.45. The topological polar surface area (TPSA) is 149 Å². The number of unbranched alkanes of at least 4 members (excludes halogenated alkanes) is 6. The van der Waals surface area contributed by atoms with Gasteiger partial charge >= 0.3 is 23.9 Å². The van der Waals surface area contributed by atoms with E-state index in [2.05, 4.69) is 0 Å². The monoisotopic (exact) mass is 404 g/mol. The molecule has 0 aliphatic carbocycles. The molecular weight excluding hydrogens is 368 g/mol. The molecule has 0 aromatic carbocycles. The summed E-state index contributed by atoms with van der Waals surface area (Å²) in [4.78, 5) is 42.1. The van der Waals surface area contributed by atoms with Crippen LogP contribution in [-0.4, -0.2) is 44.3 Å². The summed E-state index contributed by atoms with van der Waals surface area (Å²) in [6, 6.07) is 0. The molecule has 0 atom stereocenters. The van der Waals surface area contributed by atoms with Gasteiger partial charge in [-0.05, 0) is 25.7 Å². The largest absolute Gasteiger partial charge is 0.481 e. The summed E-state index contributed by atoms with van der Waals surface area (Å²) in [7, 11) is 0. The fraction of sp³-hybridized carbons (Fsp3) is 0.800. The fourth-order valence-corrected chi connectivity index (χ4v) is 2.93. The lowest BCUT2D eigenvalue weighted by molar-refractivity contribution is -0.166. The van der Waals surface area contributed by atoms with Gasteiger partial charge in [-0.25, -0.2) is 0 Å². The molecule has 28 heavy (non-hydrogen) atoms. The third kappa shape index (κ3) is 14.0. The van der Waals surface area contributed by atoms with Gasteiger partial charge in [0.1, 0.15) is 0 Å². The van der Waals surface area contributed by atoms with Crippen LogP contribution < -0.4 is 0 Å². The maximum Gasteiger partial charge on any atom is 0.321 e. The van der Waals surface area contributed by atoms with Crippen LogP contribution in [0.4, 0.5) is 0 Å². The lowest BCUT2D eigenvalue weighted by Crippen LogP contribution is -2.39. The van der Waals surface area contributed by atoms with Crippen molar-refractivity contribution >= 4 is 23.9 Å². The Labute approximate surface area is 167 Å². The molecule has 0 amide bonds. The van der Waals surface area contributed by atoms with E-state index in [0.29, 0.717) is 12.8 Å². The molecule has 0 aliphatic rings. The molecule has 0 heterocycles. The second-order valence-corrected chi connectivity index (χ2v) is 6.95. The van der Waals surface area contributed by atoms with Crippen LogP contribution in [0.1, 0.15) is 97.3 Å². The number of hydrogen-bond donors (Lipinski definition) is 4. The van der Waals surface area contributed by atoms with E-state index in [4.69, 9.17) is 20.4 Å². The zero-order chi connectivity index (χ0) is 22.0. The molecule has 0 aliphatic heterocycles. The van der Waals surface area contributed by atoms with Gasteiger partial charge in [-0.2, -0.15) is 0 Å². The Bertz CT molecular complexity index is 431. The number of aliphatic carboxylic acids is 4. The minimum absolute atomic E-state index is 0.200. The van der Waals surface area contributed by atoms with E-state index in [1.54, 1.807) is 13.8 Å². The SMILES string of the molecule is CCCC(CCC)(C(=O)O)C(=O)O.O=C(O)CCCCCCCCCC(=O)O. The summed E-state index contributed by atoms with van der Waals surface area (Å²) < 4.78 is 0. The van der Waals surface area contributed by atoms with Crippen molar-refractivity contribution in [2.75, 3.05) is 0 Å². The number of carboxylic acid groups (broad SMARTS) is 4. The molecule has 0 aromatic rings. The Hall–Kier alpha value is -2.12. The molecule has 8 nitrogen and oxygen atoms in total. The average Bonchev–Trinajstić information content (AvgIpc) is 2.59. The van der Waals surface area contributed by atoms with Gasteiger partial charge in [0.2, 0.25) is 0 Å². The van der Waals surface area contributed by atoms with Crippen molar-refractivity contribution in [3.63, 3.8) is 0 Å². The molecular formula is C20H36O8. The van der Waals surface area contributed by atoms with Gasteiger partial charge in [-0.3, -0.25) is 19.2 Å². The number of carboxylic acids is 4. The summed E-state index contributed by atoms with van der Waals surface area (Å²) in [5, 5.41) is 34.5. The maximum absolute atomic E-state index is 10.9. The van der Waals surface area contributed by atoms with E-state index in [0.717, 1.165) is 44.9 Å². The smallest absolute Gasteiger partial charge is 0.321 e. The second-order valence-electron chi connectivity index (χ2n) is 6.95. The van der Waals surface area contributed by atoms with Crippen LogP contribution in [0.25, 0.3) is 0 Å². The van der Waals surface area contributed by atoms with Crippen LogP contribution in [0.5, 0.6) is 0 Å². The van der Waals surface area contributed by atoms with Crippen molar-refractivity contribution < 1.29 is 39.6 Å². The fourth-order valence-electron chi connectivity index (χ4n) is 2.93. The van der Waals surface area contributed by atoms with Crippen molar-refractivity contribution in [3.8, 4) is 0 Å². The Kier molecular flexibility index (Phi) is 17.1. The van der Waals surface area contributed by atoms with Gasteiger partial charge < -0.3 is 20.4 Å². The molecule has 0 bridgehead atoms. The van der Waals surface area contributed by atoms with Crippen LogP contribution >= 0.6 is 0 Å². The van der Waals surface area contributed by atoms with E-state index in [9.17, 15) is 19.2 Å². The van der Waals surface area contributed by atoms with Crippen molar-refractivity contribution in [1.82, 2.24) is 0 Å². The van der Waals surface area contributed by atoms with E-state index in [-0.39, 0.29) is 25.7 Å². The third-order valence-corrected chi connectivity index (χ3v) is 4.45. The summed E-state index contributed by atoms with van der Waals surface area (Å²) in [6.45, 7) is 3.58. The number of hydrogen-bond acceptors (Lipinski definition) is 4. The molecule has 0 aromatic heterocycles. The molecule has 4 N–H and O–H groups in total. The zero-order valence-corrected chi connectivity index (χ0v) is 17.1. The van der Waals surface area contributed by atoms with E-state index < -0.39 is 29.3 Å². The molecule has 8 heteroatoms. The van der Waals surface area contributed by atoms with Crippen LogP contribution in [0, 0.1) is 5.41 Å². The van der Waals surface area contributed by atoms with Gasteiger partial charge in [0.05, 0.1) is 0 Å². The van der Waals surface area contributed by atoms with Gasteiger partial charge in [0.25, 0.3) is 0 Å². The van der Waals surface area contributed by atoms with E-state index >= 15 is 0 Å². The highest BCUT2D eigenvalue weighted by Crippen LogP contribution is 2.30. The normalized spacial score (nSPS) is 10.6. The molecule has 0 unspecified atom stereocenters. The van der Waals surface area contributed by atoms with Gasteiger partial charge in [-0.15, -0.1) is 0 Å². The first-order chi connectivity index (χ1) is 13.1. The van der Waals surface area contributed by atoms with Gasteiger partial charge in [0.15, 0.2) is 5.41 Å². The highest BCUT2D eigenvalue weighted by Gasteiger charge is 2.44. The standard InChI is InChI=1S/C11H20O4.C9H16O4/c12-10(13)8-6-4-2-1-3-5-7-9-11(14)15;1-3-5-9(6-4-2,7(10)11)8(12)13/h1-9H2,(H,12,13)(H,14,15);3-6H2,1-2H3,(H,10,11)(H,12,13). The molecule has 0 saturated carbocycles. The number of carbonyl (C=O) groups is 4. The van der Waals surface area contributed by atoms with Crippen LogP contribution in [0.15, 0.2) is 0 Å². The van der Waals surface area contributed by atoms with E-state index in [1.807, 2.05) is 0 Å². The zero-order valence-electron chi connectivity index (χ0n) is 17.1. The number of rotatable bonds is 16. The molecule has 164 valence electrons.